The molecule has 2 amide bonds. The second-order valence-electron chi connectivity index (χ2n) is 5.29. The highest BCUT2D eigenvalue weighted by atomic mass is 16.5. The van der Waals surface area contributed by atoms with E-state index in [0.29, 0.717) is 17.0 Å². The van der Waals surface area contributed by atoms with Crippen molar-refractivity contribution < 1.29 is 14.3 Å². The Morgan fingerprint density at radius 3 is 2.86 bits per heavy atom. The van der Waals surface area contributed by atoms with Gasteiger partial charge in [-0.1, -0.05) is 18.2 Å². The normalized spacial score (nSPS) is 12.9. The smallest absolute Gasteiger partial charge is 0.262 e. The number of hydrogen-bond acceptors (Lipinski definition) is 3. The molecule has 0 radical (unpaired) electrons. The molecule has 0 saturated heterocycles. The molecule has 1 aliphatic rings. The highest BCUT2D eigenvalue weighted by molar-refractivity contribution is 6.12. The van der Waals surface area contributed by atoms with Crippen molar-refractivity contribution in [1.82, 2.24) is 0 Å². The zero-order valence-electron chi connectivity index (χ0n) is 12.4. The van der Waals surface area contributed by atoms with Gasteiger partial charge in [-0.25, -0.2) is 0 Å². The maximum Gasteiger partial charge on any atom is 0.262 e. The van der Waals surface area contributed by atoms with Crippen LogP contribution in [0.4, 0.5) is 11.4 Å². The zero-order valence-corrected chi connectivity index (χ0v) is 12.4. The van der Waals surface area contributed by atoms with Gasteiger partial charge in [0.15, 0.2) is 6.61 Å². The molecule has 0 aromatic heterocycles. The predicted molar refractivity (Wildman–Crippen MR) is 84.4 cm³/mol. The quantitative estimate of drug-likeness (QED) is 0.895. The maximum atomic E-state index is 12.5. The summed E-state index contributed by atoms with van der Waals surface area (Å²) in [5, 5.41) is 5.58. The molecule has 0 spiro atoms. The van der Waals surface area contributed by atoms with E-state index in [-0.39, 0.29) is 18.4 Å². The Morgan fingerprint density at radius 2 is 2.05 bits per heavy atom. The molecule has 0 unspecified atom stereocenters. The fraction of sp³-hybridized carbons (Fsp3) is 0.176. The lowest BCUT2D eigenvalue weighted by atomic mass is 10.1. The van der Waals surface area contributed by atoms with E-state index < -0.39 is 0 Å². The third-order valence-electron chi connectivity index (χ3n) is 3.54. The molecule has 1 heterocycles. The van der Waals surface area contributed by atoms with Gasteiger partial charge in [-0.3, -0.25) is 9.59 Å². The summed E-state index contributed by atoms with van der Waals surface area (Å²) in [4.78, 5) is 24.0. The first-order valence-corrected chi connectivity index (χ1v) is 6.99. The summed E-state index contributed by atoms with van der Waals surface area (Å²) >= 11 is 0. The molecule has 0 fully saturated rings. The SMILES string of the molecule is Cc1ccc(C)c(NC(=O)c2cccc3c2NC(=O)CO3)c1. The van der Waals surface area contributed by atoms with Gasteiger partial charge in [0.05, 0.1) is 11.3 Å². The molecule has 2 N–H and O–H groups in total. The third kappa shape index (κ3) is 2.65. The van der Waals surface area contributed by atoms with E-state index in [0.717, 1.165) is 16.8 Å². The molecule has 5 heteroatoms. The molecule has 22 heavy (non-hydrogen) atoms. The van der Waals surface area contributed by atoms with Crippen LogP contribution in [0.15, 0.2) is 36.4 Å². The first-order valence-electron chi connectivity index (χ1n) is 6.99. The summed E-state index contributed by atoms with van der Waals surface area (Å²) in [6, 6.07) is 11.0. The number of amides is 2. The number of fused-ring (bicyclic) bond motifs is 1. The zero-order chi connectivity index (χ0) is 15.7. The number of carbonyl (C=O) groups is 2. The lowest BCUT2D eigenvalue weighted by molar-refractivity contribution is -0.118. The summed E-state index contributed by atoms with van der Waals surface area (Å²) in [6.45, 7) is 3.86. The van der Waals surface area contributed by atoms with E-state index >= 15 is 0 Å². The van der Waals surface area contributed by atoms with Crippen molar-refractivity contribution in [2.75, 3.05) is 17.2 Å². The van der Waals surface area contributed by atoms with E-state index in [1.807, 2.05) is 32.0 Å². The van der Waals surface area contributed by atoms with Crippen molar-refractivity contribution in [3.05, 3.63) is 53.1 Å². The van der Waals surface area contributed by atoms with Gasteiger partial charge in [-0.15, -0.1) is 0 Å². The fourth-order valence-corrected chi connectivity index (χ4v) is 2.35. The average molecular weight is 296 g/mol. The van der Waals surface area contributed by atoms with Crippen molar-refractivity contribution >= 4 is 23.2 Å². The fourth-order valence-electron chi connectivity index (χ4n) is 2.35. The van der Waals surface area contributed by atoms with Crippen molar-refractivity contribution in [1.29, 1.82) is 0 Å². The maximum absolute atomic E-state index is 12.5. The van der Waals surface area contributed by atoms with Gasteiger partial charge in [-0.2, -0.15) is 0 Å². The third-order valence-corrected chi connectivity index (χ3v) is 3.54. The Bertz CT molecular complexity index is 768. The van der Waals surface area contributed by atoms with Crippen LogP contribution in [0, 0.1) is 13.8 Å². The van der Waals surface area contributed by atoms with Crippen LogP contribution in [-0.2, 0) is 4.79 Å². The van der Waals surface area contributed by atoms with Gasteiger partial charge in [0.2, 0.25) is 0 Å². The number of anilines is 2. The Morgan fingerprint density at radius 1 is 1.23 bits per heavy atom. The number of rotatable bonds is 2. The highest BCUT2D eigenvalue weighted by Gasteiger charge is 2.22. The van der Waals surface area contributed by atoms with Gasteiger partial charge >= 0.3 is 0 Å². The van der Waals surface area contributed by atoms with E-state index in [4.69, 9.17) is 4.74 Å². The van der Waals surface area contributed by atoms with Crippen LogP contribution in [0.2, 0.25) is 0 Å². The topological polar surface area (TPSA) is 67.4 Å². The van der Waals surface area contributed by atoms with Gasteiger partial charge in [0.1, 0.15) is 5.75 Å². The molecule has 0 aliphatic carbocycles. The first kappa shape index (κ1) is 14.1. The molecule has 0 saturated carbocycles. The van der Waals surface area contributed by atoms with Gasteiger partial charge in [-0.05, 0) is 43.2 Å². The minimum absolute atomic E-state index is 0.0327. The Hall–Kier alpha value is -2.82. The summed E-state index contributed by atoms with van der Waals surface area (Å²) in [5.74, 6) is -0.0379. The van der Waals surface area contributed by atoms with Crippen molar-refractivity contribution in [2.45, 2.75) is 13.8 Å². The number of para-hydroxylation sites is 1. The molecule has 3 rings (SSSR count). The summed E-state index contributed by atoms with van der Waals surface area (Å²) in [5.41, 5.74) is 3.59. The number of hydrogen-bond donors (Lipinski definition) is 2. The number of ether oxygens (including phenoxy) is 1. The van der Waals surface area contributed by atoms with Crippen LogP contribution in [0.5, 0.6) is 5.75 Å². The minimum atomic E-state index is -0.281. The van der Waals surface area contributed by atoms with Crippen LogP contribution in [-0.4, -0.2) is 18.4 Å². The Kier molecular flexibility index (Phi) is 3.55. The summed E-state index contributed by atoms with van der Waals surface area (Å²) in [6.07, 6.45) is 0. The average Bonchev–Trinajstić information content (AvgIpc) is 2.50. The molecule has 0 bridgehead atoms. The molecular weight excluding hydrogens is 280 g/mol. The first-order chi connectivity index (χ1) is 10.5. The molecular formula is C17H16N2O3. The molecule has 0 atom stereocenters. The lowest BCUT2D eigenvalue weighted by Gasteiger charge is -2.20. The van der Waals surface area contributed by atoms with Crippen molar-refractivity contribution in [3.63, 3.8) is 0 Å². The second-order valence-corrected chi connectivity index (χ2v) is 5.29. The van der Waals surface area contributed by atoms with Crippen molar-refractivity contribution in [3.8, 4) is 5.75 Å². The van der Waals surface area contributed by atoms with E-state index in [1.54, 1.807) is 18.2 Å². The monoisotopic (exact) mass is 296 g/mol. The van der Waals surface area contributed by atoms with Crippen LogP contribution in [0.25, 0.3) is 0 Å². The van der Waals surface area contributed by atoms with E-state index in [1.165, 1.54) is 0 Å². The summed E-state index contributed by atoms with van der Waals surface area (Å²) < 4.78 is 5.33. The van der Waals surface area contributed by atoms with Crippen LogP contribution >= 0.6 is 0 Å². The van der Waals surface area contributed by atoms with Crippen LogP contribution in [0.3, 0.4) is 0 Å². The number of nitrogens with one attached hydrogen (secondary N) is 2. The minimum Gasteiger partial charge on any atom is -0.482 e. The molecule has 2 aromatic carbocycles. The summed E-state index contributed by atoms with van der Waals surface area (Å²) in [7, 11) is 0. The standard InChI is InChI=1S/C17H16N2O3/c1-10-6-7-11(2)13(8-10)18-17(21)12-4-3-5-14-16(12)19-15(20)9-22-14/h3-8H,9H2,1-2H3,(H,18,21)(H,19,20). The van der Waals surface area contributed by atoms with Gasteiger partial charge in [0.25, 0.3) is 11.8 Å². The van der Waals surface area contributed by atoms with Gasteiger partial charge < -0.3 is 15.4 Å². The molecule has 1 aliphatic heterocycles. The highest BCUT2D eigenvalue weighted by Crippen LogP contribution is 2.31. The molecule has 112 valence electrons. The predicted octanol–water partition coefficient (Wildman–Crippen LogP) is 2.89. The van der Waals surface area contributed by atoms with Crippen molar-refractivity contribution in [2.24, 2.45) is 0 Å². The van der Waals surface area contributed by atoms with Gasteiger partial charge in [0, 0.05) is 5.69 Å². The van der Waals surface area contributed by atoms with Crippen LogP contribution in [0.1, 0.15) is 21.5 Å². The van der Waals surface area contributed by atoms with Crippen LogP contribution < -0.4 is 15.4 Å². The lowest BCUT2D eigenvalue weighted by Crippen LogP contribution is -2.27. The number of aryl methyl sites for hydroxylation is 2. The second kappa shape index (κ2) is 5.52. The Balaban J connectivity index is 1.93. The number of carbonyl (C=O) groups excluding carboxylic acids is 2. The molecule has 5 nitrogen and oxygen atoms in total. The van der Waals surface area contributed by atoms with E-state index in [9.17, 15) is 9.59 Å². The number of benzene rings is 2. The Labute approximate surface area is 128 Å². The molecule has 2 aromatic rings. The largest absolute Gasteiger partial charge is 0.482 e. The van der Waals surface area contributed by atoms with E-state index in [2.05, 4.69) is 10.6 Å².